The molecule has 0 radical (unpaired) electrons. The average Bonchev–Trinajstić information content (AvgIpc) is 2.48. The van der Waals surface area contributed by atoms with E-state index in [9.17, 15) is 5.11 Å². The average molecular weight is 272 g/mol. The lowest BCUT2D eigenvalue weighted by molar-refractivity contribution is -0.0181. The summed E-state index contributed by atoms with van der Waals surface area (Å²) in [5, 5.41) is 10.8. The summed E-state index contributed by atoms with van der Waals surface area (Å²) in [4.78, 5) is 7.95. The lowest BCUT2D eigenvalue weighted by Crippen LogP contribution is -2.33. The topological polar surface area (TPSA) is 55.2 Å². The third-order valence-corrected chi connectivity index (χ3v) is 3.26. The zero-order valence-electron chi connectivity index (χ0n) is 11.9. The van der Waals surface area contributed by atoms with Crippen LogP contribution in [0.2, 0.25) is 0 Å². The summed E-state index contributed by atoms with van der Waals surface area (Å²) in [6, 6.07) is 7.78. The molecule has 2 aromatic rings. The van der Waals surface area contributed by atoms with Crippen molar-refractivity contribution in [2.75, 3.05) is 6.61 Å². The van der Waals surface area contributed by atoms with Crippen LogP contribution < -0.4 is 4.74 Å². The normalized spacial score (nSPS) is 13.8. The minimum absolute atomic E-state index is 0.192. The fraction of sp³-hybridized carbons (Fsp3) is 0.375. The number of benzene rings is 1. The van der Waals surface area contributed by atoms with E-state index in [0.717, 1.165) is 12.2 Å². The number of hydrogen-bond donors (Lipinski definition) is 1. The highest BCUT2D eigenvalue weighted by Gasteiger charge is 2.30. The first-order valence-corrected chi connectivity index (χ1v) is 6.81. The molecule has 1 aromatic heterocycles. The molecule has 0 amide bonds. The zero-order chi connectivity index (χ0) is 14.4. The lowest BCUT2D eigenvalue weighted by Gasteiger charge is -2.27. The molecule has 4 heteroatoms. The van der Waals surface area contributed by atoms with E-state index in [1.165, 1.54) is 11.9 Å². The standard InChI is InChI=1S/C16H20N2O2/c1-3-8-16(19,14-9-17-12-18-10-14)11-20-15-6-4-13(2)5-7-15/h4-7,9-10,12,19H,3,8,11H2,1-2H3. The van der Waals surface area contributed by atoms with Gasteiger partial charge in [-0.1, -0.05) is 31.0 Å². The molecule has 1 aromatic carbocycles. The van der Waals surface area contributed by atoms with Crippen LogP contribution in [0, 0.1) is 6.92 Å². The van der Waals surface area contributed by atoms with E-state index in [0.29, 0.717) is 12.0 Å². The Balaban J connectivity index is 2.11. The van der Waals surface area contributed by atoms with Crippen LogP contribution >= 0.6 is 0 Å². The van der Waals surface area contributed by atoms with Crippen molar-refractivity contribution >= 4 is 0 Å². The van der Waals surface area contributed by atoms with Crippen LogP contribution in [0.25, 0.3) is 0 Å². The lowest BCUT2D eigenvalue weighted by atomic mass is 9.92. The Morgan fingerprint density at radius 1 is 1.15 bits per heavy atom. The SMILES string of the molecule is CCCC(O)(COc1ccc(C)cc1)c1cncnc1. The van der Waals surface area contributed by atoms with Crippen LogP contribution in [-0.4, -0.2) is 21.7 Å². The van der Waals surface area contributed by atoms with Crippen LogP contribution in [0.5, 0.6) is 5.75 Å². The molecule has 0 aliphatic heterocycles. The van der Waals surface area contributed by atoms with E-state index in [-0.39, 0.29) is 6.61 Å². The number of aryl methyl sites for hydroxylation is 1. The first kappa shape index (κ1) is 14.5. The van der Waals surface area contributed by atoms with E-state index < -0.39 is 5.60 Å². The van der Waals surface area contributed by atoms with Gasteiger partial charge in [-0.3, -0.25) is 0 Å². The van der Waals surface area contributed by atoms with Crippen molar-refractivity contribution < 1.29 is 9.84 Å². The number of aromatic nitrogens is 2. The molecular formula is C16H20N2O2. The fourth-order valence-corrected chi connectivity index (χ4v) is 2.09. The number of rotatable bonds is 6. The highest BCUT2D eigenvalue weighted by Crippen LogP contribution is 2.26. The van der Waals surface area contributed by atoms with Crippen LogP contribution in [0.15, 0.2) is 43.0 Å². The van der Waals surface area contributed by atoms with Gasteiger partial charge >= 0.3 is 0 Å². The second-order valence-electron chi connectivity index (χ2n) is 5.01. The first-order chi connectivity index (χ1) is 9.64. The Morgan fingerprint density at radius 3 is 2.40 bits per heavy atom. The van der Waals surface area contributed by atoms with Crippen molar-refractivity contribution in [1.29, 1.82) is 0 Å². The van der Waals surface area contributed by atoms with E-state index in [1.54, 1.807) is 12.4 Å². The second kappa shape index (κ2) is 6.48. The van der Waals surface area contributed by atoms with Gasteiger partial charge in [0.05, 0.1) is 0 Å². The minimum Gasteiger partial charge on any atom is -0.490 e. The number of ether oxygens (including phenoxy) is 1. The van der Waals surface area contributed by atoms with Crippen LogP contribution in [-0.2, 0) is 5.60 Å². The summed E-state index contributed by atoms with van der Waals surface area (Å²) >= 11 is 0. The largest absolute Gasteiger partial charge is 0.490 e. The molecule has 2 rings (SSSR count). The Bertz CT molecular complexity index is 528. The van der Waals surface area contributed by atoms with Gasteiger partial charge in [-0.05, 0) is 25.5 Å². The molecule has 0 bridgehead atoms. The van der Waals surface area contributed by atoms with E-state index in [2.05, 4.69) is 9.97 Å². The maximum Gasteiger partial charge on any atom is 0.126 e. The molecule has 0 spiro atoms. The van der Waals surface area contributed by atoms with Crippen molar-refractivity contribution in [1.82, 2.24) is 9.97 Å². The first-order valence-electron chi connectivity index (χ1n) is 6.81. The molecule has 4 nitrogen and oxygen atoms in total. The van der Waals surface area contributed by atoms with Crippen molar-refractivity contribution in [3.05, 3.63) is 54.1 Å². The molecule has 0 aliphatic rings. The van der Waals surface area contributed by atoms with Crippen LogP contribution in [0.1, 0.15) is 30.9 Å². The third-order valence-electron chi connectivity index (χ3n) is 3.26. The molecule has 1 N–H and O–H groups in total. The molecule has 1 heterocycles. The summed E-state index contributed by atoms with van der Waals surface area (Å²) in [6.07, 6.45) is 6.19. The molecule has 0 aliphatic carbocycles. The predicted molar refractivity (Wildman–Crippen MR) is 77.5 cm³/mol. The van der Waals surface area contributed by atoms with Crippen molar-refractivity contribution in [3.8, 4) is 5.75 Å². The highest BCUT2D eigenvalue weighted by atomic mass is 16.5. The van der Waals surface area contributed by atoms with Gasteiger partial charge in [0.1, 0.15) is 24.3 Å². The maximum atomic E-state index is 10.8. The van der Waals surface area contributed by atoms with Crippen LogP contribution in [0.3, 0.4) is 0 Å². The second-order valence-corrected chi connectivity index (χ2v) is 5.01. The molecule has 1 atom stereocenters. The minimum atomic E-state index is -1.05. The Hall–Kier alpha value is -1.94. The summed E-state index contributed by atoms with van der Waals surface area (Å²) < 4.78 is 5.73. The van der Waals surface area contributed by atoms with Crippen molar-refractivity contribution in [2.45, 2.75) is 32.3 Å². The summed E-state index contributed by atoms with van der Waals surface area (Å²) in [6.45, 7) is 4.25. The van der Waals surface area contributed by atoms with Gasteiger partial charge in [-0.15, -0.1) is 0 Å². The number of aliphatic hydroxyl groups is 1. The summed E-state index contributed by atoms with van der Waals surface area (Å²) in [5.74, 6) is 0.752. The van der Waals surface area contributed by atoms with Gasteiger partial charge < -0.3 is 9.84 Å². The van der Waals surface area contributed by atoms with E-state index >= 15 is 0 Å². The van der Waals surface area contributed by atoms with Crippen molar-refractivity contribution in [2.24, 2.45) is 0 Å². The van der Waals surface area contributed by atoms with Gasteiger partial charge in [0.25, 0.3) is 0 Å². The van der Waals surface area contributed by atoms with Gasteiger partial charge in [0, 0.05) is 18.0 Å². The van der Waals surface area contributed by atoms with Gasteiger partial charge in [0.2, 0.25) is 0 Å². The number of nitrogens with zero attached hydrogens (tertiary/aromatic N) is 2. The molecule has 0 fully saturated rings. The summed E-state index contributed by atoms with van der Waals surface area (Å²) in [5.41, 5.74) is 0.813. The van der Waals surface area contributed by atoms with Crippen molar-refractivity contribution in [3.63, 3.8) is 0 Å². The zero-order valence-corrected chi connectivity index (χ0v) is 11.9. The molecule has 0 saturated carbocycles. The van der Waals surface area contributed by atoms with E-state index in [4.69, 9.17) is 4.74 Å². The third kappa shape index (κ3) is 3.54. The Kier molecular flexibility index (Phi) is 4.69. The quantitative estimate of drug-likeness (QED) is 0.878. The Morgan fingerprint density at radius 2 is 1.80 bits per heavy atom. The predicted octanol–water partition coefficient (Wildman–Crippen LogP) is 2.85. The molecule has 106 valence electrons. The summed E-state index contributed by atoms with van der Waals surface area (Å²) in [7, 11) is 0. The van der Waals surface area contributed by atoms with Gasteiger partial charge in [-0.2, -0.15) is 0 Å². The highest BCUT2D eigenvalue weighted by molar-refractivity contribution is 5.26. The smallest absolute Gasteiger partial charge is 0.126 e. The monoisotopic (exact) mass is 272 g/mol. The van der Waals surface area contributed by atoms with E-state index in [1.807, 2.05) is 38.1 Å². The maximum absolute atomic E-state index is 10.8. The molecule has 20 heavy (non-hydrogen) atoms. The number of hydrogen-bond acceptors (Lipinski definition) is 4. The molecular weight excluding hydrogens is 252 g/mol. The van der Waals surface area contributed by atoms with Gasteiger partial charge in [0.15, 0.2) is 0 Å². The Labute approximate surface area is 119 Å². The fourth-order valence-electron chi connectivity index (χ4n) is 2.09. The van der Waals surface area contributed by atoms with Gasteiger partial charge in [-0.25, -0.2) is 9.97 Å². The molecule has 1 unspecified atom stereocenters. The molecule has 0 saturated heterocycles. The van der Waals surface area contributed by atoms with Crippen LogP contribution in [0.4, 0.5) is 0 Å².